The number of hydrogen-bond acceptors (Lipinski definition) is 4. The highest BCUT2D eigenvalue weighted by Gasteiger charge is 2.39. The molecule has 1 saturated heterocycles. The van der Waals surface area contributed by atoms with Crippen LogP contribution in [0.5, 0.6) is 0 Å². The number of esters is 1. The number of carbonyl (C=O) groups is 2. The highest BCUT2D eigenvalue weighted by atomic mass is 19.1. The van der Waals surface area contributed by atoms with E-state index in [1.54, 1.807) is 17.0 Å². The van der Waals surface area contributed by atoms with Crippen LogP contribution in [0.1, 0.15) is 22.6 Å². The molecule has 1 aliphatic rings. The second kappa shape index (κ2) is 11.5. The van der Waals surface area contributed by atoms with Gasteiger partial charge in [-0.25, -0.2) is 9.18 Å². The standard InChI is InChI=1S/C29H27FN2O3/c1-35-29(34)26-21-31(18-8-9-22-14-16-25(30)17-15-22)19-20-32(26)28(33)27(23-10-4-2-5-11-23)24-12-6-3-7-13-24/h2-7,10-17,26-27H,18-21H2,1H3/t26-/m0/s1. The number of methoxy groups -OCH3 is 1. The summed E-state index contributed by atoms with van der Waals surface area (Å²) in [6.45, 7) is 1.71. The fraction of sp³-hybridized carbons (Fsp3) is 0.241. The van der Waals surface area contributed by atoms with Crippen molar-refractivity contribution < 1.29 is 18.7 Å². The van der Waals surface area contributed by atoms with Crippen LogP contribution < -0.4 is 0 Å². The molecule has 6 heteroatoms. The number of piperazine rings is 1. The molecule has 0 radical (unpaired) electrons. The van der Waals surface area contributed by atoms with Crippen molar-refractivity contribution in [2.45, 2.75) is 12.0 Å². The molecule has 0 aliphatic carbocycles. The number of ether oxygens (including phenoxy) is 1. The maximum absolute atomic E-state index is 13.9. The van der Waals surface area contributed by atoms with E-state index >= 15 is 0 Å². The molecule has 0 spiro atoms. The Labute approximate surface area is 205 Å². The Kier molecular flexibility index (Phi) is 7.92. The van der Waals surface area contributed by atoms with Gasteiger partial charge in [0.05, 0.1) is 19.6 Å². The average molecular weight is 471 g/mol. The van der Waals surface area contributed by atoms with E-state index < -0.39 is 17.9 Å². The summed E-state index contributed by atoms with van der Waals surface area (Å²) in [5.74, 6) is 4.70. The molecule has 1 aliphatic heterocycles. The zero-order valence-corrected chi connectivity index (χ0v) is 19.6. The van der Waals surface area contributed by atoms with E-state index in [4.69, 9.17) is 4.74 Å². The third-order valence-corrected chi connectivity index (χ3v) is 6.11. The SMILES string of the molecule is COC(=O)[C@@H]1CN(CC#Cc2ccc(F)cc2)CCN1C(=O)C(c1ccccc1)c1ccccc1. The molecule has 5 nitrogen and oxygen atoms in total. The van der Waals surface area contributed by atoms with E-state index in [0.29, 0.717) is 26.2 Å². The molecule has 4 rings (SSSR count). The fourth-order valence-electron chi connectivity index (χ4n) is 4.31. The number of nitrogens with zero attached hydrogens (tertiary/aromatic N) is 2. The van der Waals surface area contributed by atoms with Crippen LogP contribution in [0.15, 0.2) is 84.9 Å². The summed E-state index contributed by atoms with van der Waals surface area (Å²) in [6, 6.07) is 24.5. The van der Waals surface area contributed by atoms with Gasteiger partial charge in [0, 0.05) is 25.2 Å². The van der Waals surface area contributed by atoms with E-state index in [1.807, 2.05) is 65.6 Å². The van der Waals surface area contributed by atoms with Gasteiger partial charge in [-0.1, -0.05) is 72.5 Å². The number of carbonyl (C=O) groups excluding carboxylic acids is 2. The molecular formula is C29H27FN2O3. The lowest BCUT2D eigenvalue weighted by atomic mass is 9.89. The summed E-state index contributed by atoms with van der Waals surface area (Å²) in [6.07, 6.45) is 0. The third-order valence-electron chi connectivity index (χ3n) is 6.11. The summed E-state index contributed by atoms with van der Waals surface area (Å²) in [4.78, 5) is 30.3. The second-order valence-corrected chi connectivity index (χ2v) is 8.37. The zero-order valence-electron chi connectivity index (χ0n) is 19.6. The zero-order chi connectivity index (χ0) is 24.6. The summed E-state index contributed by atoms with van der Waals surface area (Å²) in [5, 5.41) is 0. The van der Waals surface area contributed by atoms with Gasteiger partial charge in [0.25, 0.3) is 0 Å². The van der Waals surface area contributed by atoms with Crippen LogP contribution in [-0.2, 0) is 14.3 Å². The molecule has 0 saturated carbocycles. The Morgan fingerprint density at radius 2 is 1.54 bits per heavy atom. The van der Waals surface area contributed by atoms with Crippen LogP contribution >= 0.6 is 0 Å². The first-order valence-electron chi connectivity index (χ1n) is 11.5. The molecular weight excluding hydrogens is 443 g/mol. The monoisotopic (exact) mass is 470 g/mol. The topological polar surface area (TPSA) is 49.9 Å². The Morgan fingerprint density at radius 3 is 2.11 bits per heavy atom. The summed E-state index contributed by atoms with van der Waals surface area (Å²) in [5.41, 5.74) is 2.47. The Morgan fingerprint density at radius 1 is 0.943 bits per heavy atom. The molecule has 35 heavy (non-hydrogen) atoms. The average Bonchev–Trinajstić information content (AvgIpc) is 2.90. The molecule has 3 aromatic rings. The van der Waals surface area contributed by atoms with Crippen LogP contribution in [0.3, 0.4) is 0 Å². The first kappa shape index (κ1) is 24.2. The highest BCUT2D eigenvalue weighted by Crippen LogP contribution is 2.28. The molecule has 1 fully saturated rings. The van der Waals surface area contributed by atoms with Crippen LogP contribution in [-0.4, -0.2) is 61.0 Å². The first-order valence-corrected chi connectivity index (χ1v) is 11.5. The van der Waals surface area contributed by atoms with E-state index in [9.17, 15) is 14.0 Å². The maximum Gasteiger partial charge on any atom is 0.329 e. The van der Waals surface area contributed by atoms with E-state index in [1.165, 1.54) is 19.2 Å². The van der Waals surface area contributed by atoms with Gasteiger partial charge in [0.2, 0.25) is 5.91 Å². The molecule has 1 amide bonds. The van der Waals surface area contributed by atoms with E-state index in [0.717, 1.165) is 16.7 Å². The number of benzene rings is 3. The lowest BCUT2D eigenvalue weighted by Gasteiger charge is -2.40. The minimum atomic E-state index is -0.733. The van der Waals surface area contributed by atoms with Crippen LogP contribution in [0, 0.1) is 17.7 Å². The van der Waals surface area contributed by atoms with Crippen molar-refractivity contribution in [1.82, 2.24) is 9.80 Å². The van der Waals surface area contributed by atoms with Crippen molar-refractivity contribution in [1.29, 1.82) is 0 Å². The van der Waals surface area contributed by atoms with Gasteiger partial charge in [-0.15, -0.1) is 0 Å². The molecule has 0 aromatic heterocycles. The maximum atomic E-state index is 13.9. The minimum absolute atomic E-state index is 0.130. The largest absolute Gasteiger partial charge is 0.467 e. The van der Waals surface area contributed by atoms with Gasteiger partial charge in [0.1, 0.15) is 11.9 Å². The molecule has 0 N–H and O–H groups in total. The van der Waals surface area contributed by atoms with Crippen molar-refractivity contribution in [2.24, 2.45) is 0 Å². The van der Waals surface area contributed by atoms with Gasteiger partial charge < -0.3 is 9.64 Å². The predicted octanol–water partition coefficient (Wildman–Crippen LogP) is 3.70. The number of amides is 1. The van der Waals surface area contributed by atoms with Crippen molar-refractivity contribution >= 4 is 11.9 Å². The van der Waals surface area contributed by atoms with Crippen LogP contribution in [0.2, 0.25) is 0 Å². The van der Waals surface area contributed by atoms with Gasteiger partial charge in [-0.05, 0) is 35.4 Å². The van der Waals surface area contributed by atoms with Crippen molar-refractivity contribution in [3.63, 3.8) is 0 Å². The number of hydrogen-bond donors (Lipinski definition) is 0. The Bertz CT molecular complexity index is 1160. The first-order chi connectivity index (χ1) is 17.1. The minimum Gasteiger partial charge on any atom is -0.467 e. The second-order valence-electron chi connectivity index (χ2n) is 8.37. The van der Waals surface area contributed by atoms with Gasteiger partial charge in [-0.2, -0.15) is 0 Å². The number of rotatable bonds is 5. The normalized spacial score (nSPS) is 15.9. The molecule has 1 atom stereocenters. The van der Waals surface area contributed by atoms with E-state index in [2.05, 4.69) is 11.8 Å². The molecule has 1 heterocycles. The molecule has 0 unspecified atom stereocenters. The van der Waals surface area contributed by atoms with E-state index in [-0.39, 0.29) is 11.7 Å². The van der Waals surface area contributed by atoms with Crippen molar-refractivity contribution in [2.75, 3.05) is 33.3 Å². The van der Waals surface area contributed by atoms with Crippen LogP contribution in [0.25, 0.3) is 0 Å². The number of halogens is 1. The highest BCUT2D eigenvalue weighted by molar-refractivity contribution is 5.91. The van der Waals surface area contributed by atoms with Gasteiger partial charge in [0.15, 0.2) is 0 Å². The van der Waals surface area contributed by atoms with Gasteiger partial charge in [-0.3, -0.25) is 9.69 Å². The lowest BCUT2D eigenvalue weighted by molar-refractivity contribution is -0.156. The fourth-order valence-corrected chi connectivity index (χ4v) is 4.31. The lowest BCUT2D eigenvalue weighted by Crippen LogP contribution is -2.59. The van der Waals surface area contributed by atoms with Crippen molar-refractivity contribution in [3.8, 4) is 11.8 Å². The third kappa shape index (κ3) is 5.95. The quantitative estimate of drug-likeness (QED) is 0.422. The molecule has 3 aromatic carbocycles. The molecule has 178 valence electrons. The summed E-state index contributed by atoms with van der Waals surface area (Å²) < 4.78 is 18.2. The molecule has 0 bridgehead atoms. The Hall–Kier alpha value is -3.95. The Balaban J connectivity index is 1.54. The summed E-state index contributed by atoms with van der Waals surface area (Å²) in [7, 11) is 1.34. The van der Waals surface area contributed by atoms with Crippen molar-refractivity contribution in [3.05, 3.63) is 107 Å². The predicted molar refractivity (Wildman–Crippen MR) is 132 cm³/mol. The van der Waals surface area contributed by atoms with Crippen LogP contribution in [0.4, 0.5) is 4.39 Å². The smallest absolute Gasteiger partial charge is 0.329 e. The summed E-state index contributed by atoms with van der Waals surface area (Å²) >= 11 is 0. The van der Waals surface area contributed by atoms with Gasteiger partial charge >= 0.3 is 5.97 Å².